The van der Waals surface area contributed by atoms with E-state index in [-0.39, 0.29) is 15.1 Å². The zero-order chi connectivity index (χ0) is 17.3. The van der Waals surface area contributed by atoms with Crippen LogP contribution in [0, 0.1) is 18.3 Å². The molecule has 0 radical (unpaired) electrons. The third-order valence-corrected chi connectivity index (χ3v) is 6.59. The summed E-state index contributed by atoms with van der Waals surface area (Å²) in [7, 11) is -3.60. The Morgan fingerprint density at radius 3 is 2.35 bits per heavy atom. The van der Waals surface area contributed by atoms with Gasteiger partial charge >= 0.3 is 0 Å². The van der Waals surface area contributed by atoms with Gasteiger partial charge in [-0.1, -0.05) is 54.4 Å². The van der Waals surface area contributed by atoms with Gasteiger partial charge in [0, 0.05) is 0 Å². The molecule has 1 aromatic carbocycles. The predicted octanol–water partition coefficient (Wildman–Crippen LogP) is 4.24. The molecule has 2 rings (SSSR count). The number of halogens is 1. The highest BCUT2D eigenvalue weighted by molar-refractivity contribution is 9.10. The summed E-state index contributed by atoms with van der Waals surface area (Å²) in [5.74, 6) is 0.611. The lowest BCUT2D eigenvalue weighted by Gasteiger charge is -2.36. The Hall–Kier alpha value is -0.880. The largest absolute Gasteiger partial charge is 0.276 e. The Morgan fingerprint density at radius 1 is 1.22 bits per heavy atom. The molecule has 1 N–H and O–H groups in total. The van der Waals surface area contributed by atoms with E-state index < -0.39 is 10.0 Å². The number of aryl methyl sites for hydroxylation is 1. The summed E-state index contributed by atoms with van der Waals surface area (Å²) in [6, 6.07) is 6.76. The van der Waals surface area contributed by atoms with Crippen LogP contribution in [-0.2, 0) is 10.0 Å². The van der Waals surface area contributed by atoms with E-state index in [1.54, 1.807) is 24.3 Å². The fraction of sp³-hybridized carbons (Fsp3) is 0.588. The van der Waals surface area contributed by atoms with Gasteiger partial charge in [0.05, 0.1) is 15.4 Å². The molecule has 0 unspecified atom stereocenters. The molecular formula is C17H25BrN2O2S. The first-order chi connectivity index (χ1) is 10.6. The summed E-state index contributed by atoms with van der Waals surface area (Å²) >= 11 is 3.66. The monoisotopic (exact) mass is 400 g/mol. The Labute approximate surface area is 147 Å². The third-order valence-electron chi connectivity index (χ3n) is 4.47. The predicted molar refractivity (Wildman–Crippen MR) is 98.4 cm³/mol. The highest BCUT2D eigenvalue weighted by atomic mass is 79.9. The van der Waals surface area contributed by atoms with E-state index in [9.17, 15) is 8.42 Å². The number of rotatable bonds is 3. The number of benzene rings is 1. The Bertz CT molecular complexity index is 676. The van der Waals surface area contributed by atoms with E-state index in [0.717, 1.165) is 30.5 Å². The molecule has 128 valence electrons. The van der Waals surface area contributed by atoms with Gasteiger partial charge in [-0.15, -0.1) is 0 Å². The molecule has 0 spiro atoms. The molecule has 4 nitrogen and oxygen atoms in total. The van der Waals surface area contributed by atoms with Crippen LogP contribution in [0.25, 0.3) is 0 Å². The van der Waals surface area contributed by atoms with Crippen LogP contribution in [0.5, 0.6) is 0 Å². The third kappa shape index (κ3) is 4.80. The first kappa shape index (κ1) is 18.5. The van der Waals surface area contributed by atoms with Gasteiger partial charge in [0.25, 0.3) is 10.0 Å². The average molecular weight is 401 g/mol. The first-order valence-corrected chi connectivity index (χ1v) is 10.3. The van der Waals surface area contributed by atoms with Gasteiger partial charge < -0.3 is 0 Å². The van der Waals surface area contributed by atoms with Crippen molar-refractivity contribution in [2.45, 2.75) is 56.7 Å². The molecule has 6 heteroatoms. The lowest BCUT2D eigenvalue weighted by atomic mass is 9.72. The Morgan fingerprint density at radius 2 is 1.83 bits per heavy atom. The van der Waals surface area contributed by atoms with Crippen molar-refractivity contribution in [1.29, 1.82) is 0 Å². The van der Waals surface area contributed by atoms with Crippen LogP contribution < -0.4 is 4.83 Å². The molecule has 1 saturated carbocycles. The topological polar surface area (TPSA) is 58.5 Å². The number of sulfonamides is 1. The minimum absolute atomic E-state index is 0.126. The molecule has 1 aliphatic rings. The lowest BCUT2D eigenvalue weighted by Crippen LogP contribution is -2.34. The van der Waals surface area contributed by atoms with Crippen molar-refractivity contribution < 1.29 is 8.42 Å². The van der Waals surface area contributed by atoms with E-state index in [0.29, 0.717) is 5.92 Å². The second-order valence-corrected chi connectivity index (χ2v) is 10.1. The fourth-order valence-electron chi connectivity index (χ4n) is 2.78. The van der Waals surface area contributed by atoms with Gasteiger partial charge in [-0.2, -0.15) is 13.5 Å². The normalized spacial score (nSPS) is 24.7. The highest BCUT2D eigenvalue weighted by Gasteiger charge is 2.33. The molecule has 1 aliphatic carbocycles. The van der Waals surface area contributed by atoms with Gasteiger partial charge in [0.15, 0.2) is 0 Å². The van der Waals surface area contributed by atoms with Crippen molar-refractivity contribution in [3.63, 3.8) is 0 Å². The fourth-order valence-corrected chi connectivity index (χ4v) is 4.40. The van der Waals surface area contributed by atoms with E-state index in [1.807, 2.05) is 6.92 Å². The molecule has 23 heavy (non-hydrogen) atoms. The maximum Gasteiger partial charge on any atom is 0.276 e. The molecule has 0 saturated heterocycles. The van der Waals surface area contributed by atoms with Crippen molar-refractivity contribution in [2.24, 2.45) is 16.4 Å². The minimum Gasteiger partial charge on any atom is -0.200 e. The van der Waals surface area contributed by atoms with Gasteiger partial charge in [0.1, 0.15) is 0 Å². The summed E-state index contributed by atoms with van der Waals surface area (Å²) in [6.07, 6.45) is 2.83. The standard InChI is InChI=1S/C17H25BrN2O2S/c1-12-5-8-14(9-6-12)23(21,22)20-19-16-10-7-13(11-15(16)18)17(2,3)4/h5-6,8-9,13,15,20H,7,10-11H2,1-4H3/b19-16+/t13-,15+/m1/s1. The van der Waals surface area contributed by atoms with E-state index in [2.05, 4.69) is 46.6 Å². The lowest BCUT2D eigenvalue weighted by molar-refractivity contribution is 0.211. The van der Waals surface area contributed by atoms with Gasteiger partial charge in [-0.3, -0.25) is 0 Å². The second kappa shape index (κ2) is 6.93. The van der Waals surface area contributed by atoms with Crippen LogP contribution in [0.2, 0.25) is 0 Å². The molecule has 2 atom stereocenters. The maximum absolute atomic E-state index is 12.3. The van der Waals surface area contributed by atoms with E-state index in [1.165, 1.54) is 0 Å². The molecule has 0 aromatic heterocycles. The smallest absolute Gasteiger partial charge is 0.200 e. The highest BCUT2D eigenvalue weighted by Crippen LogP contribution is 2.39. The van der Waals surface area contributed by atoms with Crippen molar-refractivity contribution in [3.05, 3.63) is 29.8 Å². The quantitative estimate of drug-likeness (QED) is 0.609. The molecule has 0 amide bonds. The molecule has 1 fully saturated rings. The van der Waals surface area contributed by atoms with E-state index in [4.69, 9.17) is 0 Å². The van der Waals surface area contributed by atoms with Crippen molar-refractivity contribution in [1.82, 2.24) is 4.83 Å². The van der Waals surface area contributed by atoms with Gasteiger partial charge in [0.2, 0.25) is 0 Å². The first-order valence-electron chi connectivity index (χ1n) is 7.88. The average Bonchev–Trinajstić information content (AvgIpc) is 2.45. The van der Waals surface area contributed by atoms with Crippen LogP contribution in [0.4, 0.5) is 0 Å². The summed E-state index contributed by atoms with van der Waals surface area (Å²) in [5.41, 5.74) is 2.16. The van der Waals surface area contributed by atoms with Crippen LogP contribution in [0.3, 0.4) is 0 Å². The number of hydrogen-bond acceptors (Lipinski definition) is 3. The number of hydrogen-bond donors (Lipinski definition) is 1. The number of nitrogens with one attached hydrogen (secondary N) is 1. The van der Waals surface area contributed by atoms with Crippen LogP contribution in [-0.4, -0.2) is 19.0 Å². The maximum atomic E-state index is 12.3. The molecule has 0 heterocycles. The molecule has 0 bridgehead atoms. The molecular weight excluding hydrogens is 376 g/mol. The van der Waals surface area contributed by atoms with Crippen molar-refractivity contribution >= 4 is 31.7 Å². The molecule has 0 aliphatic heterocycles. The summed E-state index contributed by atoms with van der Waals surface area (Å²) in [5, 5.41) is 4.18. The van der Waals surface area contributed by atoms with Crippen LogP contribution in [0.15, 0.2) is 34.3 Å². The van der Waals surface area contributed by atoms with E-state index >= 15 is 0 Å². The van der Waals surface area contributed by atoms with Crippen LogP contribution in [0.1, 0.15) is 45.6 Å². The zero-order valence-electron chi connectivity index (χ0n) is 14.1. The summed E-state index contributed by atoms with van der Waals surface area (Å²) < 4.78 is 24.6. The SMILES string of the molecule is Cc1ccc(S(=O)(=O)N/N=C2\CC[C@@H](C(C)(C)C)C[C@@H]2Br)cc1. The van der Waals surface area contributed by atoms with Crippen molar-refractivity contribution in [3.8, 4) is 0 Å². The van der Waals surface area contributed by atoms with Crippen LogP contribution >= 0.6 is 15.9 Å². The van der Waals surface area contributed by atoms with Gasteiger partial charge in [-0.25, -0.2) is 4.83 Å². The number of alkyl halides is 1. The second-order valence-electron chi connectivity index (χ2n) is 7.32. The number of hydrazone groups is 1. The molecule has 1 aromatic rings. The minimum atomic E-state index is -3.60. The van der Waals surface area contributed by atoms with Crippen molar-refractivity contribution in [2.75, 3.05) is 0 Å². The zero-order valence-corrected chi connectivity index (χ0v) is 16.5. The Balaban J connectivity index is 2.07. The summed E-state index contributed by atoms with van der Waals surface area (Å²) in [4.78, 5) is 2.74. The number of nitrogens with zero attached hydrogens (tertiary/aromatic N) is 1. The summed E-state index contributed by atoms with van der Waals surface area (Å²) in [6.45, 7) is 8.67. The van der Waals surface area contributed by atoms with Gasteiger partial charge in [-0.05, 0) is 49.7 Å². The Kier molecular flexibility index (Phi) is 5.56.